The Kier molecular flexibility index (Phi) is 4.47. The molecule has 1 aliphatic rings. The number of halogens is 1. The molecule has 1 aromatic rings. The van der Waals surface area contributed by atoms with E-state index in [-0.39, 0.29) is 11.8 Å². The van der Waals surface area contributed by atoms with Gasteiger partial charge in [-0.25, -0.2) is 8.42 Å². The molecule has 1 aromatic carbocycles. The van der Waals surface area contributed by atoms with Crippen LogP contribution in [0.2, 0.25) is 0 Å². The van der Waals surface area contributed by atoms with E-state index in [9.17, 15) is 8.42 Å². The van der Waals surface area contributed by atoms with Gasteiger partial charge in [0.1, 0.15) is 4.99 Å². The standard InChI is InChI=1S/C12H15BrN2O2S2/c13-11-6-8(3-4-10(11)12(14)18)15-9-2-1-5-19(16,17)7-9/h3-4,6,9,15H,1-2,5,7H2,(H2,14,18). The van der Waals surface area contributed by atoms with Crippen LogP contribution in [0, 0.1) is 0 Å². The number of nitrogens with two attached hydrogens (primary N) is 1. The molecule has 1 atom stereocenters. The van der Waals surface area contributed by atoms with Gasteiger partial charge in [-0.15, -0.1) is 0 Å². The molecule has 0 aromatic heterocycles. The van der Waals surface area contributed by atoms with Crippen LogP contribution in [0.5, 0.6) is 0 Å². The van der Waals surface area contributed by atoms with Gasteiger partial charge in [-0.2, -0.15) is 0 Å². The Balaban J connectivity index is 2.11. The van der Waals surface area contributed by atoms with E-state index in [4.69, 9.17) is 18.0 Å². The summed E-state index contributed by atoms with van der Waals surface area (Å²) in [5.74, 6) is 0.497. The Bertz CT molecular complexity index is 602. The zero-order valence-corrected chi connectivity index (χ0v) is 13.4. The van der Waals surface area contributed by atoms with Gasteiger partial charge in [0, 0.05) is 21.8 Å². The number of anilines is 1. The number of thiocarbonyl (C=S) groups is 1. The van der Waals surface area contributed by atoms with Gasteiger partial charge in [-0.1, -0.05) is 12.2 Å². The van der Waals surface area contributed by atoms with Crippen LogP contribution in [0.4, 0.5) is 5.69 Å². The first-order valence-electron chi connectivity index (χ1n) is 5.94. The van der Waals surface area contributed by atoms with Crippen molar-refractivity contribution in [1.82, 2.24) is 0 Å². The van der Waals surface area contributed by atoms with Crippen molar-refractivity contribution in [2.45, 2.75) is 18.9 Å². The van der Waals surface area contributed by atoms with Gasteiger partial charge in [-0.3, -0.25) is 0 Å². The summed E-state index contributed by atoms with van der Waals surface area (Å²) < 4.78 is 24.0. The third-order valence-electron chi connectivity index (χ3n) is 3.07. The molecule has 1 heterocycles. The molecule has 1 aliphatic heterocycles. The van der Waals surface area contributed by atoms with Crippen molar-refractivity contribution in [1.29, 1.82) is 0 Å². The van der Waals surface area contributed by atoms with Crippen LogP contribution >= 0.6 is 28.1 Å². The highest BCUT2D eigenvalue weighted by atomic mass is 79.9. The lowest BCUT2D eigenvalue weighted by Gasteiger charge is -2.24. The summed E-state index contributed by atoms with van der Waals surface area (Å²) in [7, 11) is -2.90. The van der Waals surface area contributed by atoms with Gasteiger partial charge < -0.3 is 11.1 Å². The molecule has 0 aliphatic carbocycles. The zero-order chi connectivity index (χ0) is 14.0. The summed E-state index contributed by atoms with van der Waals surface area (Å²) in [4.78, 5) is 0.332. The van der Waals surface area contributed by atoms with Crippen molar-refractivity contribution < 1.29 is 8.42 Å². The summed E-state index contributed by atoms with van der Waals surface area (Å²) in [6.45, 7) is 0. The highest BCUT2D eigenvalue weighted by Crippen LogP contribution is 2.24. The highest BCUT2D eigenvalue weighted by Gasteiger charge is 2.24. The predicted molar refractivity (Wildman–Crippen MR) is 85.3 cm³/mol. The van der Waals surface area contributed by atoms with Gasteiger partial charge in [0.15, 0.2) is 9.84 Å². The smallest absolute Gasteiger partial charge is 0.152 e. The maximum atomic E-state index is 11.6. The van der Waals surface area contributed by atoms with Crippen LogP contribution in [0.15, 0.2) is 22.7 Å². The highest BCUT2D eigenvalue weighted by molar-refractivity contribution is 9.10. The first-order chi connectivity index (χ1) is 8.87. The molecule has 0 spiro atoms. The lowest BCUT2D eigenvalue weighted by molar-refractivity contribution is 0.562. The van der Waals surface area contributed by atoms with Crippen LogP contribution in [0.1, 0.15) is 18.4 Å². The molecular formula is C12H15BrN2O2S2. The maximum Gasteiger partial charge on any atom is 0.152 e. The minimum Gasteiger partial charge on any atom is -0.389 e. The van der Waals surface area contributed by atoms with Crippen molar-refractivity contribution in [2.24, 2.45) is 5.73 Å². The van der Waals surface area contributed by atoms with E-state index in [1.165, 1.54) is 0 Å². The second-order valence-corrected chi connectivity index (χ2v) is 8.18. The molecule has 0 radical (unpaired) electrons. The molecule has 1 fully saturated rings. The van der Waals surface area contributed by atoms with Crippen LogP contribution in [0.3, 0.4) is 0 Å². The number of sulfone groups is 1. The van der Waals surface area contributed by atoms with Crippen molar-refractivity contribution in [3.63, 3.8) is 0 Å². The topological polar surface area (TPSA) is 72.2 Å². The number of benzene rings is 1. The Hall–Kier alpha value is -0.660. The van der Waals surface area contributed by atoms with E-state index in [1.807, 2.05) is 18.2 Å². The third kappa shape index (κ3) is 3.90. The second kappa shape index (κ2) is 5.76. The largest absolute Gasteiger partial charge is 0.389 e. The van der Waals surface area contributed by atoms with E-state index in [0.717, 1.165) is 22.1 Å². The first kappa shape index (κ1) is 14.7. The molecule has 0 amide bonds. The van der Waals surface area contributed by atoms with Gasteiger partial charge in [0.05, 0.1) is 11.5 Å². The Morgan fingerprint density at radius 1 is 1.47 bits per heavy atom. The fourth-order valence-corrected chi connectivity index (χ4v) is 4.71. The van der Waals surface area contributed by atoms with Crippen molar-refractivity contribution in [3.05, 3.63) is 28.2 Å². The van der Waals surface area contributed by atoms with Gasteiger partial charge in [-0.05, 0) is 47.0 Å². The van der Waals surface area contributed by atoms with E-state index in [1.54, 1.807) is 0 Å². The minimum absolute atomic E-state index is 0.0265. The molecule has 3 N–H and O–H groups in total. The van der Waals surface area contributed by atoms with Gasteiger partial charge in [0.25, 0.3) is 0 Å². The lowest BCUT2D eigenvalue weighted by Crippen LogP contribution is -2.34. The van der Waals surface area contributed by atoms with Crippen molar-refractivity contribution >= 4 is 48.7 Å². The monoisotopic (exact) mass is 362 g/mol. The molecular weight excluding hydrogens is 348 g/mol. The fourth-order valence-electron chi connectivity index (χ4n) is 2.18. The maximum absolute atomic E-state index is 11.6. The molecule has 104 valence electrons. The van der Waals surface area contributed by atoms with Crippen LogP contribution in [0.25, 0.3) is 0 Å². The molecule has 0 bridgehead atoms. The second-order valence-electron chi connectivity index (χ2n) is 4.66. The molecule has 1 unspecified atom stereocenters. The van der Waals surface area contributed by atoms with Crippen LogP contribution in [-0.4, -0.2) is 31.0 Å². The zero-order valence-electron chi connectivity index (χ0n) is 10.2. The Morgan fingerprint density at radius 3 is 2.79 bits per heavy atom. The van der Waals surface area contributed by atoms with E-state index >= 15 is 0 Å². The third-order valence-corrected chi connectivity index (χ3v) is 5.77. The summed E-state index contributed by atoms with van der Waals surface area (Å²) in [5.41, 5.74) is 7.23. The average Bonchev–Trinajstić information content (AvgIpc) is 2.27. The van der Waals surface area contributed by atoms with Crippen molar-refractivity contribution in [3.8, 4) is 0 Å². The van der Waals surface area contributed by atoms with Crippen LogP contribution in [-0.2, 0) is 9.84 Å². The minimum atomic E-state index is -2.90. The Labute approximate surface area is 126 Å². The summed E-state index contributed by atoms with van der Waals surface area (Å²) in [6.07, 6.45) is 1.58. The number of nitrogens with one attached hydrogen (secondary N) is 1. The quantitative estimate of drug-likeness (QED) is 0.805. The number of hydrogen-bond donors (Lipinski definition) is 2. The molecule has 4 nitrogen and oxygen atoms in total. The fraction of sp³-hybridized carbons (Fsp3) is 0.417. The summed E-state index contributed by atoms with van der Waals surface area (Å²) in [5, 5.41) is 3.25. The van der Waals surface area contributed by atoms with Crippen molar-refractivity contribution in [2.75, 3.05) is 16.8 Å². The number of hydrogen-bond acceptors (Lipinski definition) is 4. The van der Waals surface area contributed by atoms with E-state index in [2.05, 4.69) is 21.2 Å². The molecule has 19 heavy (non-hydrogen) atoms. The van der Waals surface area contributed by atoms with Gasteiger partial charge >= 0.3 is 0 Å². The SMILES string of the molecule is NC(=S)c1ccc(NC2CCCS(=O)(=O)C2)cc1Br. The summed E-state index contributed by atoms with van der Waals surface area (Å²) >= 11 is 8.34. The molecule has 0 saturated carbocycles. The summed E-state index contributed by atoms with van der Waals surface area (Å²) in [6, 6.07) is 5.53. The molecule has 2 rings (SSSR count). The van der Waals surface area contributed by atoms with E-state index in [0.29, 0.717) is 17.2 Å². The molecule has 1 saturated heterocycles. The predicted octanol–water partition coefficient (Wildman–Crippen LogP) is 2.07. The van der Waals surface area contributed by atoms with Crippen LogP contribution < -0.4 is 11.1 Å². The van der Waals surface area contributed by atoms with E-state index < -0.39 is 9.84 Å². The van der Waals surface area contributed by atoms with Gasteiger partial charge in [0.2, 0.25) is 0 Å². The number of rotatable bonds is 3. The average molecular weight is 363 g/mol. The first-order valence-corrected chi connectivity index (χ1v) is 8.96. The molecule has 7 heteroatoms. The normalized spacial score (nSPS) is 21.8. The lowest BCUT2D eigenvalue weighted by atomic mass is 10.1. The Morgan fingerprint density at radius 2 is 2.21 bits per heavy atom.